The largest absolute Gasteiger partial charge is 0.481 e. The molecule has 1 aromatic rings. The Morgan fingerprint density at radius 2 is 2.41 bits per heavy atom. The van der Waals surface area contributed by atoms with E-state index in [9.17, 15) is 9.59 Å². The fourth-order valence-electron chi connectivity index (χ4n) is 2.13. The van der Waals surface area contributed by atoms with Crippen LogP contribution < -0.4 is 0 Å². The van der Waals surface area contributed by atoms with Gasteiger partial charge in [-0.15, -0.1) is 0 Å². The van der Waals surface area contributed by atoms with Crippen molar-refractivity contribution in [1.82, 2.24) is 10.1 Å². The second-order valence-corrected chi connectivity index (χ2v) is 4.19. The van der Waals surface area contributed by atoms with Crippen LogP contribution in [-0.2, 0) is 9.59 Å². The van der Waals surface area contributed by atoms with Gasteiger partial charge in [-0.25, -0.2) is 0 Å². The first-order valence-electron chi connectivity index (χ1n) is 5.52. The number of rotatable bonds is 3. The molecule has 1 atom stereocenters. The Morgan fingerprint density at radius 3 is 3.00 bits per heavy atom. The molecule has 1 amide bonds. The van der Waals surface area contributed by atoms with Crippen molar-refractivity contribution < 1.29 is 19.2 Å². The third kappa shape index (κ3) is 2.46. The maximum Gasteiger partial charge on any atom is 0.312 e. The summed E-state index contributed by atoms with van der Waals surface area (Å²) in [7, 11) is 0. The number of carbonyl (C=O) groups excluding carboxylic acids is 1. The van der Waals surface area contributed by atoms with Crippen molar-refractivity contribution in [3.63, 3.8) is 0 Å². The molecule has 1 saturated heterocycles. The maximum atomic E-state index is 11.7. The van der Waals surface area contributed by atoms with E-state index < -0.39 is 12.4 Å². The minimum absolute atomic E-state index is 0.164. The molecule has 1 fully saturated rings. The van der Waals surface area contributed by atoms with E-state index in [0.717, 1.165) is 18.5 Å². The number of carbonyl (C=O) groups is 2. The van der Waals surface area contributed by atoms with Crippen LogP contribution in [0.1, 0.15) is 36.8 Å². The fraction of sp³-hybridized carbons (Fsp3) is 0.545. The molecule has 1 aromatic heterocycles. The standard InChI is InChI=1S/C11H14N2O4/c1-7-5-9(17-12-7)8-3-2-4-13(8)10(14)6-11(15)16/h5,8H,2-4,6H2,1H3,(H,15,16). The number of carboxylic acids is 1. The third-order valence-corrected chi connectivity index (χ3v) is 2.85. The average molecular weight is 238 g/mol. The van der Waals surface area contributed by atoms with E-state index in [0.29, 0.717) is 12.3 Å². The molecule has 6 heteroatoms. The predicted octanol–water partition coefficient (Wildman–Crippen LogP) is 1.12. The molecular formula is C11H14N2O4. The molecule has 92 valence electrons. The summed E-state index contributed by atoms with van der Waals surface area (Å²) in [4.78, 5) is 23.8. The SMILES string of the molecule is Cc1cc(C2CCCN2C(=O)CC(=O)O)on1. The average Bonchev–Trinajstić information content (AvgIpc) is 2.83. The summed E-state index contributed by atoms with van der Waals surface area (Å²) < 4.78 is 5.14. The molecule has 1 N–H and O–H groups in total. The topological polar surface area (TPSA) is 83.6 Å². The molecule has 0 saturated carbocycles. The van der Waals surface area contributed by atoms with E-state index in [1.807, 2.05) is 6.92 Å². The minimum atomic E-state index is -1.10. The van der Waals surface area contributed by atoms with E-state index in [1.165, 1.54) is 0 Å². The molecule has 0 spiro atoms. The number of aryl methyl sites for hydroxylation is 1. The highest BCUT2D eigenvalue weighted by molar-refractivity contribution is 5.93. The summed E-state index contributed by atoms with van der Waals surface area (Å²) in [5.74, 6) is -0.831. The summed E-state index contributed by atoms with van der Waals surface area (Å²) in [6.45, 7) is 2.39. The molecule has 1 unspecified atom stereocenters. The van der Waals surface area contributed by atoms with Crippen molar-refractivity contribution in [3.05, 3.63) is 17.5 Å². The van der Waals surface area contributed by atoms with Crippen molar-refractivity contribution in [1.29, 1.82) is 0 Å². The fourth-order valence-corrected chi connectivity index (χ4v) is 2.13. The van der Waals surface area contributed by atoms with Gasteiger partial charge in [-0.2, -0.15) is 0 Å². The van der Waals surface area contributed by atoms with E-state index in [1.54, 1.807) is 11.0 Å². The lowest BCUT2D eigenvalue weighted by molar-refractivity contribution is -0.144. The minimum Gasteiger partial charge on any atom is -0.481 e. The van der Waals surface area contributed by atoms with E-state index >= 15 is 0 Å². The van der Waals surface area contributed by atoms with Crippen LogP contribution in [0.5, 0.6) is 0 Å². The van der Waals surface area contributed by atoms with E-state index in [4.69, 9.17) is 9.63 Å². The zero-order chi connectivity index (χ0) is 12.4. The van der Waals surface area contributed by atoms with Gasteiger partial charge in [0.25, 0.3) is 0 Å². The number of hydrogen-bond donors (Lipinski definition) is 1. The number of hydrogen-bond acceptors (Lipinski definition) is 4. The van der Waals surface area contributed by atoms with Crippen LogP contribution in [0.3, 0.4) is 0 Å². The van der Waals surface area contributed by atoms with Crippen molar-refractivity contribution in [2.24, 2.45) is 0 Å². The molecule has 17 heavy (non-hydrogen) atoms. The molecular weight excluding hydrogens is 224 g/mol. The highest BCUT2D eigenvalue weighted by Gasteiger charge is 2.33. The van der Waals surface area contributed by atoms with Crippen molar-refractivity contribution in [2.75, 3.05) is 6.54 Å². The molecule has 0 aliphatic carbocycles. The molecule has 0 aromatic carbocycles. The van der Waals surface area contributed by atoms with Crippen LogP contribution in [0.25, 0.3) is 0 Å². The second kappa shape index (κ2) is 4.57. The number of likely N-dealkylation sites (tertiary alicyclic amines) is 1. The lowest BCUT2D eigenvalue weighted by Crippen LogP contribution is -2.31. The maximum absolute atomic E-state index is 11.7. The van der Waals surface area contributed by atoms with Crippen LogP contribution in [0.2, 0.25) is 0 Å². The van der Waals surface area contributed by atoms with Crippen molar-refractivity contribution in [3.8, 4) is 0 Å². The number of amides is 1. The van der Waals surface area contributed by atoms with Gasteiger partial charge in [0.15, 0.2) is 5.76 Å². The van der Waals surface area contributed by atoms with Gasteiger partial charge in [-0.1, -0.05) is 5.16 Å². The molecule has 6 nitrogen and oxygen atoms in total. The normalized spacial score (nSPS) is 19.6. The van der Waals surface area contributed by atoms with Gasteiger partial charge in [-0.3, -0.25) is 9.59 Å². The molecule has 0 bridgehead atoms. The smallest absolute Gasteiger partial charge is 0.312 e. The van der Waals surface area contributed by atoms with Gasteiger partial charge in [-0.05, 0) is 19.8 Å². The molecule has 2 rings (SSSR count). The first-order chi connectivity index (χ1) is 8.08. The number of aromatic nitrogens is 1. The van der Waals surface area contributed by atoms with Gasteiger partial charge in [0.2, 0.25) is 5.91 Å². The molecule has 1 aliphatic rings. The summed E-state index contributed by atoms with van der Waals surface area (Å²) in [5, 5.41) is 12.4. The summed E-state index contributed by atoms with van der Waals surface area (Å²) in [6.07, 6.45) is 1.18. The van der Waals surface area contributed by atoms with Crippen LogP contribution in [0.4, 0.5) is 0 Å². The summed E-state index contributed by atoms with van der Waals surface area (Å²) in [5.41, 5.74) is 0.762. The van der Waals surface area contributed by atoms with Gasteiger partial charge in [0.05, 0.1) is 11.7 Å². The first kappa shape index (κ1) is 11.6. The molecule has 0 radical (unpaired) electrons. The molecule has 2 heterocycles. The number of carboxylic acid groups (broad SMARTS) is 1. The highest BCUT2D eigenvalue weighted by atomic mass is 16.5. The van der Waals surface area contributed by atoms with Crippen LogP contribution in [0, 0.1) is 6.92 Å². The lowest BCUT2D eigenvalue weighted by atomic mass is 10.1. The Hall–Kier alpha value is -1.85. The van der Waals surface area contributed by atoms with Crippen LogP contribution in [-0.4, -0.2) is 33.6 Å². The number of aliphatic carboxylic acids is 1. The third-order valence-electron chi connectivity index (χ3n) is 2.85. The zero-order valence-corrected chi connectivity index (χ0v) is 9.55. The quantitative estimate of drug-likeness (QED) is 0.798. The summed E-state index contributed by atoms with van der Waals surface area (Å²) >= 11 is 0. The highest BCUT2D eigenvalue weighted by Crippen LogP contribution is 2.32. The monoisotopic (exact) mass is 238 g/mol. The number of nitrogens with zero attached hydrogens (tertiary/aromatic N) is 2. The Morgan fingerprint density at radius 1 is 1.65 bits per heavy atom. The Bertz CT molecular complexity index is 440. The van der Waals surface area contributed by atoms with Gasteiger partial charge < -0.3 is 14.5 Å². The van der Waals surface area contributed by atoms with E-state index in [2.05, 4.69) is 5.16 Å². The second-order valence-electron chi connectivity index (χ2n) is 4.19. The Labute approximate surface area is 98.2 Å². The Kier molecular flexibility index (Phi) is 3.12. The Balaban J connectivity index is 2.12. The van der Waals surface area contributed by atoms with E-state index in [-0.39, 0.29) is 11.9 Å². The first-order valence-corrected chi connectivity index (χ1v) is 5.52. The summed E-state index contributed by atoms with van der Waals surface area (Å²) in [6, 6.07) is 1.62. The van der Waals surface area contributed by atoms with Crippen LogP contribution in [0.15, 0.2) is 10.6 Å². The van der Waals surface area contributed by atoms with Gasteiger partial charge >= 0.3 is 5.97 Å². The predicted molar refractivity (Wildman–Crippen MR) is 57.2 cm³/mol. The lowest BCUT2D eigenvalue weighted by Gasteiger charge is -2.21. The van der Waals surface area contributed by atoms with Crippen LogP contribution >= 0.6 is 0 Å². The zero-order valence-electron chi connectivity index (χ0n) is 9.55. The van der Waals surface area contributed by atoms with Gasteiger partial charge in [0, 0.05) is 12.6 Å². The van der Waals surface area contributed by atoms with Crippen molar-refractivity contribution in [2.45, 2.75) is 32.2 Å². The molecule has 1 aliphatic heterocycles. The van der Waals surface area contributed by atoms with Gasteiger partial charge in [0.1, 0.15) is 6.42 Å². The van der Waals surface area contributed by atoms with Crippen molar-refractivity contribution >= 4 is 11.9 Å².